The van der Waals surface area contributed by atoms with Gasteiger partial charge < -0.3 is 15.1 Å². The van der Waals surface area contributed by atoms with E-state index in [0.29, 0.717) is 5.76 Å². The van der Waals surface area contributed by atoms with Gasteiger partial charge in [-0.3, -0.25) is 14.5 Å². The Labute approximate surface area is 115 Å². The van der Waals surface area contributed by atoms with Gasteiger partial charge in [0.1, 0.15) is 11.5 Å². The standard InChI is InChI=1S/C13H15N3O4/c1-9-2-3-10(20-9)4-5-11(17)14-6-7-16-12(18)8-15-13(16)19/h2-5H,6-8H2,1H3,(H,14,17)(H,15,19). The fourth-order valence-electron chi connectivity index (χ4n) is 1.73. The monoisotopic (exact) mass is 277 g/mol. The van der Waals surface area contributed by atoms with Crippen molar-refractivity contribution in [2.24, 2.45) is 0 Å². The maximum atomic E-state index is 11.5. The van der Waals surface area contributed by atoms with Crippen molar-refractivity contribution in [2.75, 3.05) is 19.6 Å². The first-order valence-electron chi connectivity index (χ1n) is 6.17. The maximum absolute atomic E-state index is 11.5. The van der Waals surface area contributed by atoms with E-state index in [1.165, 1.54) is 6.08 Å². The third-order valence-corrected chi connectivity index (χ3v) is 2.73. The summed E-state index contributed by atoms with van der Waals surface area (Å²) in [5.41, 5.74) is 0. The third-order valence-electron chi connectivity index (χ3n) is 2.73. The van der Waals surface area contributed by atoms with Crippen molar-refractivity contribution in [1.82, 2.24) is 15.5 Å². The molecule has 2 heterocycles. The molecule has 2 N–H and O–H groups in total. The van der Waals surface area contributed by atoms with Crippen LogP contribution in [0.1, 0.15) is 11.5 Å². The van der Waals surface area contributed by atoms with E-state index in [0.717, 1.165) is 10.7 Å². The molecular formula is C13H15N3O4. The Kier molecular flexibility index (Phi) is 4.19. The minimum absolute atomic E-state index is 0.0184. The molecule has 0 atom stereocenters. The second-order valence-corrected chi connectivity index (χ2v) is 4.28. The number of rotatable bonds is 5. The van der Waals surface area contributed by atoms with E-state index < -0.39 is 6.03 Å². The molecule has 1 saturated heterocycles. The lowest BCUT2D eigenvalue weighted by atomic mass is 10.4. The Balaban J connectivity index is 1.74. The molecule has 20 heavy (non-hydrogen) atoms. The first-order valence-corrected chi connectivity index (χ1v) is 6.17. The van der Waals surface area contributed by atoms with Gasteiger partial charge in [-0.2, -0.15) is 0 Å². The lowest BCUT2D eigenvalue weighted by Crippen LogP contribution is -2.38. The Morgan fingerprint density at radius 1 is 1.50 bits per heavy atom. The zero-order valence-corrected chi connectivity index (χ0v) is 11.0. The highest BCUT2D eigenvalue weighted by Gasteiger charge is 2.27. The molecule has 1 aliphatic heterocycles. The van der Waals surface area contributed by atoms with Gasteiger partial charge in [0.25, 0.3) is 0 Å². The fraction of sp³-hybridized carbons (Fsp3) is 0.308. The number of amides is 4. The Morgan fingerprint density at radius 2 is 2.30 bits per heavy atom. The van der Waals surface area contributed by atoms with E-state index in [1.807, 2.05) is 6.92 Å². The van der Waals surface area contributed by atoms with Crippen LogP contribution < -0.4 is 10.6 Å². The van der Waals surface area contributed by atoms with Gasteiger partial charge in [0.05, 0.1) is 6.54 Å². The summed E-state index contributed by atoms with van der Waals surface area (Å²) in [5.74, 6) is 0.757. The molecule has 1 aromatic rings. The lowest BCUT2D eigenvalue weighted by molar-refractivity contribution is -0.125. The quantitative estimate of drug-likeness (QED) is 0.597. The summed E-state index contributed by atoms with van der Waals surface area (Å²) < 4.78 is 5.28. The number of carbonyl (C=O) groups excluding carboxylic acids is 3. The van der Waals surface area contributed by atoms with Crippen molar-refractivity contribution in [3.8, 4) is 0 Å². The second kappa shape index (κ2) is 6.05. The van der Waals surface area contributed by atoms with Crippen LogP contribution in [0.25, 0.3) is 6.08 Å². The summed E-state index contributed by atoms with van der Waals surface area (Å²) in [6, 6.07) is 3.13. The zero-order chi connectivity index (χ0) is 14.5. The molecule has 0 radical (unpaired) electrons. The van der Waals surface area contributed by atoms with Gasteiger partial charge in [-0.15, -0.1) is 0 Å². The van der Waals surface area contributed by atoms with Crippen LogP contribution in [-0.2, 0) is 9.59 Å². The van der Waals surface area contributed by atoms with Gasteiger partial charge in [0, 0.05) is 19.2 Å². The number of imide groups is 1. The third kappa shape index (κ3) is 3.47. The van der Waals surface area contributed by atoms with Gasteiger partial charge in [0.2, 0.25) is 11.8 Å². The van der Waals surface area contributed by atoms with Crippen LogP contribution in [0.2, 0.25) is 0 Å². The highest BCUT2D eigenvalue weighted by molar-refractivity contribution is 6.02. The van der Waals surface area contributed by atoms with Crippen LogP contribution >= 0.6 is 0 Å². The predicted octanol–water partition coefficient (Wildman–Crippen LogP) is 0.269. The van der Waals surface area contributed by atoms with Crippen LogP contribution in [0.15, 0.2) is 22.6 Å². The molecule has 106 valence electrons. The first kappa shape index (κ1) is 13.9. The van der Waals surface area contributed by atoms with E-state index in [1.54, 1.807) is 18.2 Å². The zero-order valence-electron chi connectivity index (χ0n) is 11.0. The number of urea groups is 1. The Bertz CT molecular complexity index is 546. The number of carbonyl (C=O) groups is 3. The van der Waals surface area contributed by atoms with Crippen molar-refractivity contribution in [2.45, 2.75) is 6.92 Å². The fourth-order valence-corrected chi connectivity index (χ4v) is 1.73. The van der Waals surface area contributed by atoms with Gasteiger partial charge in [-0.25, -0.2) is 4.79 Å². The van der Waals surface area contributed by atoms with E-state index in [9.17, 15) is 14.4 Å². The molecule has 7 heteroatoms. The number of hydrogen-bond donors (Lipinski definition) is 2. The maximum Gasteiger partial charge on any atom is 0.324 e. The molecule has 2 rings (SSSR count). The molecule has 1 aromatic heterocycles. The molecule has 7 nitrogen and oxygen atoms in total. The van der Waals surface area contributed by atoms with Gasteiger partial charge in [-0.05, 0) is 25.1 Å². The Hall–Kier alpha value is -2.57. The van der Waals surface area contributed by atoms with Crippen LogP contribution in [0.3, 0.4) is 0 Å². The van der Waals surface area contributed by atoms with Crippen LogP contribution in [0.5, 0.6) is 0 Å². The second-order valence-electron chi connectivity index (χ2n) is 4.28. The molecule has 0 unspecified atom stereocenters. The van der Waals surface area contributed by atoms with E-state index in [4.69, 9.17) is 4.42 Å². The van der Waals surface area contributed by atoms with Gasteiger partial charge in [-0.1, -0.05) is 0 Å². The molecule has 0 bridgehead atoms. The number of nitrogens with one attached hydrogen (secondary N) is 2. The van der Waals surface area contributed by atoms with Crippen LogP contribution in [0.4, 0.5) is 4.79 Å². The summed E-state index contributed by atoms with van der Waals surface area (Å²) in [4.78, 5) is 35.1. The predicted molar refractivity (Wildman–Crippen MR) is 70.6 cm³/mol. The number of aryl methyl sites for hydroxylation is 1. The van der Waals surface area contributed by atoms with E-state index in [2.05, 4.69) is 10.6 Å². The number of hydrogen-bond acceptors (Lipinski definition) is 4. The topological polar surface area (TPSA) is 91.7 Å². The molecule has 0 aliphatic carbocycles. The smallest absolute Gasteiger partial charge is 0.324 e. The summed E-state index contributed by atoms with van der Waals surface area (Å²) >= 11 is 0. The highest BCUT2D eigenvalue weighted by Crippen LogP contribution is 2.07. The SMILES string of the molecule is Cc1ccc(C=CC(=O)NCCN2C(=O)CNC2=O)o1. The average Bonchev–Trinajstić information content (AvgIpc) is 2.96. The molecular weight excluding hydrogens is 262 g/mol. The Morgan fingerprint density at radius 3 is 2.90 bits per heavy atom. The van der Waals surface area contributed by atoms with Crippen molar-refractivity contribution >= 4 is 23.9 Å². The summed E-state index contributed by atoms with van der Waals surface area (Å²) in [5, 5.41) is 4.99. The van der Waals surface area contributed by atoms with Crippen molar-refractivity contribution in [3.63, 3.8) is 0 Å². The van der Waals surface area contributed by atoms with Crippen LogP contribution in [-0.4, -0.2) is 42.4 Å². The molecule has 1 fully saturated rings. The highest BCUT2D eigenvalue weighted by atomic mass is 16.3. The van der Waals surface area contributed by atoms with Crippen molar-refractivity contribution in [3.05, 3.63) is 29.7 Å². The van der Waals surface area contributed by atoms with Crippen molar-refractivity contribution in [1.29, 1.82) is 0 Å². The largest absolute Gasteiger partial charge is 0.462 e. The van der Waals surface area contributed by atoms with E-state index in [-0.39, 0.29) is 31.4 Å². The molecule has 1 aliphatic rings. The normalized spacial score (nSPS) is 14.9. The number of furan rings is 1. The van der Waals surface area contributed by atoms with Gasteiger partial charge >= 0.3 is 6.03 Å². The minimum atomic E-state index is -0.425. The van der Waals surface area contributed by atoms with Crippen molar-refractivity contribution < 1.29 is 18.8 Å². The first-order chi connectivity index (χ1) is 9.56. The molecule has 0 saturated carbocycles. The summed E-state index contributed by atoms with van der Waals surface area (Å²) in [6.07, 6.45) is 2.89. The van der Waals surface area contributed by atoms with E-state index >= 15 is 0 Å². The van der Waals surface area contributed by atoms with Gasteiger partial charge in [0.15, 0.2) is 0 Å². The lowest BCUT2D eigenvalue weighted by Gasteiger charge is -2.11. The average molecular weight is 277 g/mol. The molecule has 0 aromatic carbocycles. The summed E-state index contributed by atoms with van der Waals surface area (Å²) in [7, 11) is 0. The molecule has 4 amide bonds. The van der Waals surface area contributed by atoms with Crippen LogP contribution in [0, 0.1) is 6.92 Å². The molecule has 0 spiro atoms. The minimum Gasteiger partial charge on any atom is -0.462 e. The summed E-state index contributed by atoms with van der Waals surface area (Å²) in [6.45, 7) is 2.20. The number of nitrogens with zero attached hydrogens (tertiary/aromatic N) is 1.